The zero-order chi connectivity index (χ0) is 15.3. The van der Waals surface area contributed by atoms with E-state index in [4.69, 9.17) is 0 Å². The van der Waals surface area contributed by atoms with Crippen LogP contribution < -0.4 is 10.6 Å². The van der Waals surface area contributed by atoms with Gasteiger partial charge in [0.15, 0.2) is 5.69 Å². The van der Waals surface area contributed by atoms with Crippen LogP contribution in [0.1, 0.15) is 50.5 Å². The van der Waals surface area contributed by atoms with E-state index in [0.29, 0.717) is 17.2 Å². The number of nitrogens with zero attached hydrogens (tertiary/aromatic N) is 2. The molecule has 2 saturated carbocycles. The van der Waals surface area contributed by atoms with Crippen molar-refractivity contribution < 1.29 is 4.79 Å². The molecule has 2 N–H and O–H groups in total. The van der Waals surface area contributed by atoms with E-state index in [1.54, 1.807) is 13.1 Å². The minimum absolute atomic E-state index is 0.207. The average Bonchev–Trinajstić information content (AvgIpc) is 2.94. The number of aromatic nitrogens is 2. The number of hydrogen-bond donors (Lipinski definition) is 2. The Bertz CT molecular complexity index is 549. The first-order chi connectivity index (χ1) is 9.87. The Morgan fingerprint density at radius 2 is 2.05 bits per heavy atom. The summed E-state index contributed by atoms with van der Waals surface area (Å²) in [5, 5.41) is 14.3. The highest BCUT2D eigenvalue weighted by Gasteiger charge is 2.59. The quantitative estimate of drug-likeness (QED) is 0.896. The summed E-state index contributed by atoms with van der Waals surface area (Å²) in [7, 11) is 1.59. The van der Waals surface area contributed by atoms with E-state index in [1.165, 1.54) is 19.3 Å². The molecule has 5 nitrogen and oxygen atoms in total. The number of nitrogens with one attached hydrogen (secondary N) is 2. The maximum absolute atomic E-state index is 11.5. The van der Waals surface area contributed by atoms with Crippen LogP contribution >= 0.6 is 0 Å². The lowest BCUT2D eigenvalue weighted by Gasteiger charge is -2.43. The molecule has 2 fully saturated rings. The van der Waals surface area contributed by atoms with Gasteiger partial charge in [-0.1, -0.05) is 20.8 Å². The van der Waals surface area contributed by atoms with E-state index in [0.717, 1.165) is 11.7 Å². The van der Waals surface area contributed by atoms with Crippen LogP contribution in [0, 0.1) is 16.7 Å². The lowest BCUT2D eigenvalue weighted by Crippen LogP contribution is -2.46. The fourth-order valence-corrected chi connectivity index (χ4v) is 4.47. The van der Waals surface area contributed by atoms with Crippen LogP contribution in [-0.4, -0.2) is 29.2 Å². The second-order valence-corrected chi connectivity index (χ2v) is 7.38. The molecule has 1 aromatic rings. The van der Waals surface area contributed by atoms with Gasteiger partial charge in [0, 0.05) is 13.1 Å². The van der Waals surface area contributed by atoms with Gasteiger partial charge >= 0.3 is 0 Å². The fourth-order valence-electron chi connectivity index (χ4n) is 4.47. The van der Waals surface area contributed by atoms with Crippen LogP contribution in [0.4, 0.5) is 5.82 Å². The van der Waals surface area contributed by atoms with Crippen molar-refractivity contribution in [3.05, 3.63) is 17.8 Å². The van der Waals surface area contributed by atoms with Crippen LogP contribution in [0.15, 0.2) is 12.1 Å². The Morgan fingerprint density at radius 3 is 2.57 bits per heavy atom. The van der Waals surface area contributed by atoms with Crippen molar-refractivity contribution in [2.75, 3.05) is 12.4 Å². The molecule has 3 rings (SSSR count). The van der Waals surface area contributed by atoms with Crippen molar-refractivity contribution in [3.63, 3.8) is 0 Å². The third-order valence-corrected chi connectivity index (χ3v) is 5.69. The van der Waals surface area contributed by atoms with Gasteiger partial charge in [0.05, 0.1) is 0 Å². The zero-order valence-corrected chi connectivity index (χ0v) is 13.2. The highest BCUT2D eigenvalue weighted by Crippen LogP contribution is 2.62. The molecule has 2 aliphatic rings. The summed E-state index contributed by atoms with van der Waals surface area (Å²) in [4.78, 5) is 11.5. The third kappa shape index (κ3) is 2.19. The molecule has 0 spiro atoms. The molecule has 2 bridgehead atoms. The molecular formula is C16H24N4O. The van der Waals surface area contributed by atoms with Gasteiger partial charge in [-0.15, -0.1) is 10.2 Å². The number of rotatable bonds is 3. The summed E-state index contributed by atoms with van der Waals surface area (Å²) < 4.78 is 0. The molecule has 3 unspecified atom stereocenters. The molecule has 1 aromatic heterocycles. The summed E-state index contributed by atoms with van der Waals surface area (Å²) >= 11 is 0. The molecule has 2 aliphatic carbocycles. The standard InChI is InChI=1S/C16H24N4O/c1-15(2)10-7-8-16(3,9-10)14(15)18-12-6-5-11(19-20-12)13(21)17-4/h5-6,10,14H,7-9H2,1-4H3,(H,17,21)(H,18,20). The molecule has 3 atom stereocenters. The molecule has 0 saturated heterocycles. The zero-order valence-electron chi connectivity index (χ0n) is 13.2. The van der Waals surface area contributed by atoms with Crippen molar-refractivity contribution in [1.29, 1.82) is 0 Å². The van der Waals surface area contributed by atoms with Gasteiger partial charge in [0.1, 0.15) is 5.82 Å². The van der Waals surface area contributed by atoms with E-state index in [1.807, 2.05) is 6.07 Å². The van der Waals surface area contributed by atoms with Crippen LogP contribution in [0.25, 0.3) is 0 Å². The minimum Gasteiger partial charge on any atom is -0.365 e. The Hall–Kier alpha value is -1.65. The van der Waals surface area contributed by atoms with E-state index >= 15 is 0 Å². The molecule has 1 amide bonds. The molecule has 1 heterocycles. The number of hydrogen-bond acceptors (Lipinski definition) is 4. The number of amides is 1. The molecule has 0 aromatic carbocycles. The predicted octanol–water partition coefficient (Wildman–Crippen LogP) is 2.46. The van der Waals surface area contributed by atoms with Crippen molar-refractivity contribution in [2.24, 2.45) is 16.7 Å². The number of fused-ring (bicyclic) bond motifs is 2. The fraction of sp³-hybridized carbons (Fsp3) is 0.688. The summed E-state index contributed by atoms with van der Waals surface area (Å²) in [5.74, 6) is 1.34. The highest BCUT2D eigenvalue weighted by atomic mass is 16.1. The van der Waals surface area contributed by atoms with Crippen molar-refractivity contribution >= 4 is 11.7 Å². The number of carbonyl (C=O) groups is 1. The Balaban J connectivity index is 1.79. The van der Waals surface area contributed by atoms with Crippen LogP contribution in [0.2, 0.25) is 0 Å². The predicted molar refractivity (Wildman–Crippen MR) is 82.1 cm³/mol. The SMILES string of the molecule is CNC(=O)c1ccc(NC2C3(C)CCC(C3)C2(C)C)nn1. The van der Waals surface area contributed by atoms with Crippen molar-refractivity contribution in [3.8, 4) is 0 Å². The first-order valence-corrected chi connectivity index (χ1v) is 7.69. The Labute approximate surface area is 125 Å². The van der Waals surface area contributed by atoms with Crippen molar-refractivity contribution in [2.45, 2.75) is 46.1 Å². The van der Waals surface area contributed by atoms with Gasteiger partial charge in [-0.2, -0.15) is 0 Å². The van der Waals surface area contributed by atoms with Gasteiger partial charge in [0.25, 0.3) is 5.91 Å². The Morgan fingerprint density at radius 1 is 1.29 bits per heavy atom. The largest absolute Gasteiger partial charge is 0.365 e. The van der Waals surface area contributed by atoms with Gasteiger partial charge in [0.2, 0.25) is 0 Å². The van der Waals surface area contributed by atoms with E-state index in [9.17, 15) is 4.79 Å². The smallest absolute Gasteiger partial charge is 0.271 e. The molecule has 0 aliphatic heterocycles. The van der Waals surface area contributed by atoms with Crippen molar-refractivity contribution in [1.82, 2.24) is 15.5 Å². The second kappa shape index (κ2) is 4.68. The number of carbonyl (C=O) groups excluding carboxylic acids is 1. The topological polar surface area (TPSA) is 66.9 Å². The first kappa shape index (κ1) is 14.3. The van der Waals surface area contributed by atoms with Gasteiger partial charge in [-0.3, -0.25) is 4.79 Å². The van der Waals surface area contributed by atoms with Gasteiger partial charge in [-0.25, -0.2) is 0 Å². The van der Waals surface area contributed by atoms with E-state index < -0.39 is 0 Å². The minimum atomic E-state index is -0.207. The average molecular weight is 288 g/mol. The monoisotopic (exact) mass is 288 g/mol. The maximum atomic E-state index is 11.5. The van der Waals surface area contributed by atoms with Crippen LogP contribution in [0.5, 0.6) is 0 Å². The summed E-state index contributed by atoms with van der Waals surface area (Å²) in [6.07, 6.45) is 3.91. The molecular weight excluding hydrogens is 264 g/mol. The number of anilines is 1. The highest BCUT2D eigenvalue weighted by molar-refractivity contribution is 5.91. The second-order valence-electron chi connectivity index (χ2n) is 7.38. The van der Waals surface area contributed by atoms with E-state index in [2.05, 4.69) is 41.6 Å². The summed E-state index contributed by atoms with van der Waals surface area (Å²) in [5.41, 5.74) is 0.963. The third-order valence-electron chi connectivity index (χ3n) is 5.69. The molecule has 21 heavy (non-hydrogen) atoms. The molecule has 0 radical (unpaired) electrons. The van der Waals surface area contributed by atoms with Crippen LogP contribution in [-0.2, 0) is 0 Å². The van der Waals surface area contributed by atoms with E-state index in [-0.39, 0.29) is 11.3 Å². The van der Waals surface area contributed by atoms with Gasteiger partial charge in [-0.05, 0) is 48.1 Å². The van der Waals surface area contributed by atoms with Gasteiger partial charge < -0.3 is 10.6 Å². The maximum Gasteiger partial charge on any atom is 0.271 e. The first-order valence-electron chi connectivity index (χ1n) is 7.69. The lowest BCUT2D eigenvalue weighted by atomic mass is 9.68. The normalized spacial score (nSPS) is 33.0. The summed E-state index contributed by atoms with van der Waals surface area (Å²) in [6.45, 7) is 7.09. The van der Waals surface area contributed by atoms with Crippen LogP contribution in [0.3, 0.4) is 0 Å². The molecule has 5 heteroatoms. The summed E-state index contributed by atoms with van der Waals surface area (Å²) in [6, 6.07) is 3.98. The molecule has 114 valence electrons. The lowest BCUT2D eigenvalue weighted by molar-refractivity contribution is 0.0957. The Kier molecular flexibility index (Phi) is 3.19.